The maximum atomic E-state index is 6.65. The van der Waals surface area contributed by atoms with Gasteiger partial charge in [0, 0.05) is 6.17 Å². The topological polar surface area (TPSA) is 21.3 Å². The Morgan fingerprint density at radius 1 is 1.32 bits per heavy atom. The van der Waals surface area contributed by atoms with Crippen LogP contribution in [0, 0.1) is 13.8 Å². The van der Waals surface area contributed by atoms with Crippen molar-refractivity contribution in [1.82, 2.24) is 5.32 Å². The monoisotopic (exact) mass is 393 g/mol. The molecule has 0 saturated heterocycles. The van der Waals surface area contributed by atoms with Gasteiger partial charge < -0.3 is 9.43 Å². The molecule has 0 saturated carbocycles. The molecule has 142 valence electrons. The molecule has 2 atom stereocenters. The largest absolute Gasteiger partial charge is 0.453 e. The van der Waals surface area contributed by atoms with Gasteiger partial charge in [-0.25, -0.2) is 0 Å². The van der Waals surface area contributed by atoms with Gasteiger partial charge in [-0.1, -0.05) is 56.8 Å². The second kappa shape index (κ2) is 9.46. The molecule has 0 bridgehead atoms. The lowest BCUT2D eigenvalue weighted by atomic mass is 10.1. The molecular weight excluding hydrogens is 354 g/mol. The van der Waals surface area contributed by atoms with Crippen LogP contribution in [-0.2, 0) is 4.12 Å². The van der Waals surface area contributed by atoms with E-state index in [1.807, 2.05) is 0 Å². The molecule has 2 nitrogen and oxygen atoms in total. The van der Waals surface area contributed by atoms with Crippen LogP contribution >= 0.6 is 0 Å². The van der Waals surface area contributed by atoms with Gasteiger partial charge in [0.2, 0.25) is 9.04 Å². The van der Waals surface area contributed by atoms with Crippen molar-refractivity contribution in [3.63, 3.8) is 0 Å². The fourth-order valence-corrected chi connectivity index (χ4v) is 10.9. The molecule has 1 aromatic rings. The third kappa shape index (κ3) is 6.64. The molecule has 0 radical (unpaired) electrons. The van der Waals surface area contributed by atoms with Gasteiger partial charge in [-0.3, -0.25) is 0 Å². The van der Waals surface area contributed by atoms with Gasteiger partial charge in [-0.05, 0) is 55.2 Å². The molecule has 0 aliphatic rings. The van der Waals surface area contributed by atoms with Gasteiger partial charge in [0.15, 0.2) is 8.32 Å². The van der Waals surface area contributed by atoms with Crippen molar-refractivity contribution in [3.05, 3.63) is 41.6 Å². The van der Waals surface area contributed by atoms with Crippen molar-refractivity contribution < 1.29 is 4.12 Å². The molecule has 0 aliphatic carbocycles. The molecule has 1 rings (SSSR count). The van der Waals surface area contributed by atoms with Crippen LogP contribution in [0.15, 0.2) is 30.5 Å². The van der Waals surface area contributed by atoms with E-state index in [0.717, 1.165) is 6.17 Å². The van der Waals surface area contributed by atoms with Crippen LogP contribution in [0.4, 0.5) is 0 Å². The summed E-state index contributed by atoms with van der Waals surface area (Å²) in [4.78, 5) is 0. The molecule has 0 spiro atoms. The number of hydrogen-bond acceptors (Lipinski definition) is 2. The maximum absolute atomic E-state index is 6.65. The second-order valence-electron chi connectivity index (χ2n) is 8.73. The van der Waals surface area contributed by atoms with Crippen LogP contribution in [0.25, 0.3) is 0 Å². The Morgan fingerprint density at radius 2 is 1.96 bits per heavy atom. The average molecular weight is 394 g/mol. The molecule has 0 aliphatic heterocycles. The third-order valence-electron chi connectivity index (χ3n) is 5.80. The zero-order chi connectivity index (χ0) is 19.3. The van der Waals surface area contributed by atoms with Gasteiger partial charge in [0.05, 0.1) is 9.52 Å². The number of aryl methyl sites for hydroxylation is 1. The van der Waals surface area contributed by atoms with E-state index in [9.17, 15) is 0 Å². The summed E-state index contributed by atoms with van der Waals surface area (Å²) in [6.07, 6.45) is 2.20. The fraction of sp³-hybridized carbons (Fsp3) is 0.600. The van der Waals surface area contributed by atoms with E-state index >= 15 is 0 Å². The molecule has 0 amide bonds. The first-order chi connectivity index (χ1) is 11.5. The van der Waals surface area contributed by atoms with Crippen molar-refractivity contribution in [2.45, 2.75) is 71.8 Å². The Labute approximate surface area is 161 Å². The van der Waals surface area contributed by atoms with Crippen LogP contribution in [0.3, 0.4) is 0 Å². The Bertz CT molecular complexity index is 567. The van der Waals surface area contributed by atoms with E-state index in [-0.39, 0.29) is 14.6 Å². The average Bonchev–Trinajstić information content (AvgIpc) is 2.52. The van der Waals surface area contributed by atoms with Crippen molar-refractivity contribution in [1.29, 1.82) is 0 Å². The van der Waals surface area contributed by atoms with E-state index in [0.29, 0.717) is 5.67 Å². The number of benzene rings is 1. The van der Waals surface area contributed by atoms with Gasteiger partial charge >= 0.3 is 0 Å². The lowest BCUT2D eigenvalue weighted by Gasteiger charge is -2.39. The minimum atomic E-state index is -1.70. The molecule has 1 N–H and O–H groups in total. The Morgan fingerprint density at radius 3 is 2.48 bits per heavy atom. The summed E-state index contributed by atoms with van der Waals surface area (Å²) >= 11 is 0. The minimum Gasteiger partial charge on any atom is -0.453 e. The second-order valence-corrected chi connectivity index (χ2v) is 18.3. The lowest BCUT2D eigenvalue weighted by molar-refractivity contribution is 0.498. The van der Waals surface area contributed by atoms with Gasteiger partial charge in [0.25, 0.3) is 0 Å². The lowest BCUT2D eigenvalue weighted by Crippen LogP contribution is -2.50. The van der Waals surface area contributed by atoms with Crippen molar-refractivity contribution in [3.8, 4) is 0 Å². The number of rotatable bonds is 9. The quantitative estimate of drug-likeness (QED) is 0.649. The van der Waals surface area contributed by atoms with E-state index in [4.69, 9.17) is 4.12 Å². The first-order valence-electron chi connectivity index (χ1n) is 9.60. The van der Waals surface area contributed by atoms with Crippen LogP contribution < -0.4 is 10.5 Å². The van der Waals surface area contributed by atoms with E-state index < -0.39 is 17.4 Å². The van der Waals surface area contributed by atoms with Crippen molar-refractivity contribution in [2.75, 3.05) is 6.17 Å². The molecule has 0 heterocycles. The highest BCUT2D eigenvalue weighted by atomic mass is 28.4. The zero-order valence-corrected chi connectivity index (χ0v) is 21.3. The van der Waals surface area contributed by atoms with Crippen LogP contribution in [-0.4, -0.2) is 38.7 Å². The Hall–Kier alpha value is -0.469. The minimum absolute atomic E-state index is 0.263. The Balaban J connectivity index is 2.68. The van der Waals surface area contributed by atoms with Crippen molar-refractivity contribution >= 4 is 32.1 Å². The summed E-state index contributed by atoms with van der Waals surface area (Å²) < 4.78 is 6.65. The molecule has 0 aromatic heterocycles. The summed E-state index contributed by atoms with van der Waals surface area (Å²) in [5.41, 5.74) is 5.65. The van der Waals surface area contributed by atoms with Gasteiger partial charge in [-0.2, -0.15) is 0 Å². The fourth-order valence-electron chi connectivity index (χ4n) is 2.67. The highest BCUT2D eigenvalue weighted by molar-refractivity contribution is 6.81. The molecule has 0 fully saturated rings. The highest BCUT2D eigenvalue weighted by Crippen LogP contribution is 2.36. The van der Waals surface area contributed by atoms with Gasteiger partial charge in [0.1, 0.15) is 0 Å². The first-order valence-corrected chi connectivity index (χ1v) is 16.0. The molecular formula is C20H39NOSi3. The predicted molar refractivity (Wildman–Crippen MR) is 122 cm³/mol. The Kier molecular flexibility index (Phi) is 8.54. The summed E-state index contributed by atoms with van der Waals surface area (Å²) in [5, 5.41) is 5.70. The summed E-state index contributed by atoms with van der Waals surface area (Å²) in [7, 11) is -3.44. The summed E-state index contributed by atoms with van der Waals surface area (Å²) in [5.74, 6) is 0. The van der Waals surface area contributed by atoms with E-state index in [1.165, 1.54) is 17.5 Å². The maximum Gasteiger partial charge on any atom is 0.201 e. The van der Waals surface area contributed by atoms with Gasteiger partial charge in [-0.15, -0.1) is 6.58 Å². The number of nitrogens with one attached hydrogen (secondary N) is 1. The van der Waals surface area contributed by atoms with Crippen LogP contribution in [0.1, 0.15) is 45.2 Å². The van der Waals surface area contributed by atoms with E-state index in [1.54, 1.807) is 5.19 Å². The normalized spacial score (nSPS) is 15.5. The summed E-state index contributed by atoms with van der Waals surface area (Å²) in [6, 6.07) is 6.75. The smallest absolute Gasteiger partial charge is 0.201 e. The molecule has 25 heavy (non-hydrogen) atoms. The SMILES string of the molecule is C=C[SiH](CNC(CC)[SiH2]c1cccc(C)c1C)O[Si](C)(C)C(C)(C)C. The molecule has 5 heteroatoms. The van der Waals surface area contributed by atoms with E-state index in [2.05, 4.69) is 90.4 Å². The molecule has 2 unspecified atom stereocenters. The summed E-state index contributed by atoms with van der Waals surface area (Å²) in [6.45, 7) is 22.5. The number of hydrogen-bond donors (Lipinski definition) is 1. The highest BCUT2D eigenvalue weighted by Gasteiger charge is 2.38. The standard InChI is InChI=1S/C20H39NOSi3/c1-10-19(23-18-14-12-13-16(3)17(18)4)21-15-24(11-2)22-25(8,9)20(5,6)7/h11-14,19,21,24H,2,10,15,23H2,1,3-9H3. The van der Waals surface area contributed by atoms with Crippen molar-refractivity contribution in [2.24, 2.45) is 0 Å². The zero-order valence-electron chi connectivity index (χ0n) is 17.7. The third-order valence-corrected chi connectivity index (χ3v) is 16.7. The van der Waals surface area contributed by atoms with Crippen LogP contribution in [0.2, 0.25) is 18.1 Å². The van der Waals surface area contributed by atoms with Crippen LogP contribution in [0.5, 0.6) is 0 Å². The molecule has 1 aromatic carbocycles. The first kappa shape index (κ1) is 22.6. The predicted octanol–water partition coefficient (Wildman–Crippen LogP) is 3.43.